The molecule has 0 saturated carbocycles. The Balaban J connectivity index is 2.06. The van der Waals surface area contributed by atoms with Crippen molar-refractivity contribution in [3.05, 3.63) is 71.8 Å². The van der Waals surface area contributed by atoms with Gasteiger partial charge in [-0.25, -0.2) is 0 Å². The zero-order valence-corrected chi connectivity index (χ0v) is 16.4. The van der Waals surface area contributed by atoms with E-state index >= 15 is 0 Å². The fourth-order valence-electron chi connectivity index (χ4n) is 5.13. The minimum atomic E-state index is -0.624. The van der Waals surface area contributed by atoms with Gasteiger partial charge in [0, 0.05) is 23.0 Å². The zero-order chi connectivity index (χ0) is 18.6. The van der Waals surface area contributed by atoms with Crippen LogP contribution in [0.4, 0.5) is 0 Å². The van der Waals surface area contributed by atoms with Crippen LogP contribution in [0.1, 0.15) is 69.7 Å². The zero-order valence-electron chi connectivity index (χ0n) is 16.4. The monoisotopic (exact) mass is 352 g/mol. The maximum absolute atomic E-state index is 12.0. The highest BCUT2D eigenvalue weighted by Crippen LogP contribution is 2.46. The third kappa shape index (κ3) is 3.58. The lowest BCUT2D eigenvalue weighted by Gasteiger charge is -2.50. The quantitative estimate of drug-likeness (QED) is 0.781. The fourth-order valence-corrected chi connectivity index (χ4v) is 5.13. The van der Waals surface area contributed by atoms with Crippen LogP contribution < -0.4 is 5.32 Å². The highest BCUT2D eigenvalue weighted by Gasteiger charge is 2.54. The van der Waals surface area contributed by atoms with E-state index in [1.807, 2.05) is 0 Å². The van der Waals surface area contributed by atoms with Crippen LogP contribution in [0, 0.1) is 11.8 Å². The standard InChI is InChI=1S/C24H33NO/c1-4-12-21-23(20-15-10-7-11-16-20)25-22(19-13-8-6-9-14-19)18(3)24(21,26)17-5-2/h6-11,13-16,18,21-23,25-26H,4-5,12,17H2,1-3H3/p+1. The van der Waals surface area contributed by atoms with Crippen molar-refractivity contribution in [2.24, 2.45) is 11.8 Å². The maximum atomic E-state index is 12.0. The summed E-state index contributed by atoms with van der Waals surface area (Å²) in [5, 5.41) is 14.5. The molecule has 0 bridgehead atoms. The van der Waals surface area contributed by atoms with Gasteiger partial charge >= 0.3 is 0 Å². The van der Waals surface area contributed by atoms with Gasteiger partial charge in [-0.1, -0.05) is 94.3 Å². The van der Waals surface area contributed by atoms with Crippen molar-refractivity contribution in [3.8, 4) is 0 Å². The summed E-state index contributed by atoms with van der Waals surface area (Å²) in [5.74, 6) is 0.506. The van der Waals surface area contributed by atoms with Crippen molar-refractivity contribution in [3.63, 3.8) is 0 Å². The topological polar surface area (TPSA) is 36.8 Å². The second kappa shape index (κ2) is 8.37. The molecule has 2 heteroatoms. The fraction of sp³-hybridized carbons (Fsp3) is 0.500. The lowest BCUT2D eigenvalue weighted by Crippen LogP contribution is -2.93. The van der Waals surface area contributed by atoms with Gasteiger partial charge < -0.3 is 10.4 Å². The normalized spacial score (nSPS) is 31.7. The second-order valence-electron chi connectivity index (χ2n) is 7.99. The summed E-state index contributed by atoms with van der Waals surface area (Å²) in [6.07, 6.45) is 4.07. The van der Waals surface area contributed by atoms with Crippen molar-refractivity contribution in [1.82, 2.24) is 0 Å². The summed E-state index contributed by atoms with van der Waals surface area (Å²) in [5.41, 5.74) is 2.04. The summed E-state index contributed by atoms with van der Waals surface area (Å²) in [6, 6.07) is 22.1. The van der Waals surface area contributed by atoms with E-state index in [1.165, 1.54) is 11.1 Å². The van der Waals surface area contributed by atoms with Crippen LogP contribution in [-0.2, 0) is 0 Å². The molecule has 2 nitrogen and oxygen atoms in total. The predicted molar refractivity (Wildman–Crippen MR) is 108 cm³/mol. The smallest absolute Gasteiger partial charge is 0.118 e. The van der Waals surface area contributed by atoms with Gasteiger partial charge in [0.25, 0.3) is 0 Å². The first-order valence-corrected chi connectivity index (χ1v) is 10.3. The van der Waals surface area contributed by atoms with Gasteiger partial charge in [-0.15, -0.1) is 0 Å². The van der Waals surface area contributed by atoms with Crippen molar-refractivity contribution in [1.29, 1.82) is 0 Å². The number of hydrogen-bond donors (Lipinski definition) is 2. The van der Waals surface area contributed by atoms with E-state index in [4.69, 9.17) is 0 Å². The Morgan fingerprint density at radius 2 is 1.38 bits per heavy atom. The molecule has 0 spiro atoms. The van der Waals surface area contributed by atoms with Gasteiger partial charge in [0.1, 0.15) is 12.1 Å². The SMILES string of the molecule is CCCC1C(c2ccccc2)[NH2+]C(c2ccccc2)C(C)C1(O)CCC. The lowest BCUT2D eigenvalue weighted by molar-refractivity contribution is -0.765. The maximum Gasteiger partial charge on any atom is 0.118 e. The summed E-state index contributed by atoms with van der Waals surface area (Å²) < 4.78 is 0. The van der Waals surface area contributed by atoms with Crippen molar-refractivity contribution < 1.29 is 10.4 Å². The Hall–Kier alpha value is -1.64. The van der Waals surface area contributed by atoms with Gasteiger partial charge in [-0.3, -0.25) is 0 Å². The molecular formula is C24H34NO+. The Bertz CT molecular complexity index is 671. The highest BCUT2D eigenvalue weighted by atomic mass is 16.3. The number of aliphatic hydroxyl groups is 1. The van der Waals surface area contributed by atoms with E-state index in [1.54, 1.807) is 0 Å². The van der Waals surface area contributed by atoms with Gasteiger partial charge in [0.15, 0.2) is 0 Å². The van der Waals surface area contributed by atoms with Crippen LogP contribution in [-0.4, -0.2) is 10.7 Å². The average molecular weight is 353 g/mol. The average Bonchev–Trinajstić information content (AvgIpc) is 2.68. The lowest BCUT2D eigenvalue weighted by atomic mass is 9.62. The molecule has 1 heterocycles. The highest BCUT2D eigenvalue weighted by molar-refractivity contribution is 5.23. The third-order valence-corrected chi connectivity index (χ3v) is 6.44. The molecule has 26 heavy (non-hydrogen) atoms. The molecular weight excluding hydrogens is 318 g/mol. The predicted octanol–water partition coefficient (Wildman–Crippen LogP) is 4.63. The van der Waals surface area contributed by atoms with E-state index in [-0.39, 0.29) is 17.9 Å². The van der Waals surface area contributed by atoms with Gasteiger partial charge in [0.2, 0.25) is 0 Å². The molecule has 5 unspecified atom stereocenters. The van der Waals surface area contributed by atoms with Crippen molar-refractivity contribution in [2.45, 2.75) is 64.1 Å². The summed E-state index contributed by atoms with van der Waals surface area (Å²) in [4.78, 5) is 0. The number of benzene rings is 2. The van der Waals surface area contributed by atoms with Crippen LogP contribution in [0.5, 0.6) is 0 Å². The number of hydrogen-bond acceptors (Lipinski definition) is 1. The van der Waals surface area contributed by atoms with Crippen LogP contribution in [0.2, 0.25) is 0 Å². The minimum absolute atomic E-state index is 0.223. The Morgan fingerprint density at radius 1 is 0.846 bits per heavy atom. The molecule has 0 radical (unpaired) electrons. The molecule has 140 valence electrons. The molecule has 2 aromatic carbocycles. The summed E-state index contributed by atoms with van der Waals surface area (Å²) in [7, 11) is 0. The molecule has 5 atom stereocenters. The second-order valence-corrected chi connectivity index (χ2v) is 7.99. The Morgan fingerprint density at radius 3 is 1.88 bits per heavy atom. The first-order chi connectivity index (χ1) is 12.6. The van der Waals surface area contributed by atoms with Gasteiger partial charge in [0.05, 0.1) is 5.60 Å². The summed E-state index contributed by atoms with van der Waals surface area (Å²) >= 11 is 0. The van der Waals surface area contributed by atoms with E-state index in [9.17, 15) is 5.11 Å². The molecule has 2 aromatic rings. The number of rotatable bonds is 6. The van der Waals surface area contributed by atoms with E-state index in [0.29, 0.717) is 6.04 Å². The van der Waals surface area contributed by atoms with Gasteiger partial charge in [-0.05, 0) is 12.8 Å². The molecule has 1 fully saturated rings. The molecule has 0 aromatic heterocycles. The molecule has 3 rings (SSSR count). The molecule has 3 N–H and O–H groups in total. The number of piperidine rings is 1. The minimum Gasteiger partial charge on any atom is -0.389 e. The molecule has 1 aliphatic rings. The van der Waals surface area contributed by atoms with Crippen LogP contribution in [0.15, 0.2) is 60.7 Å². The Kier molecular flexibility index (Phi) is 6.16. The largest absolute Gasteiger partial charge is 0.389 e. The van der Waals surface area contributed by atoms with E-state index < -0.39 is 5.60 Å². The number of quaternary nitrogens is 1. The van der Waals surface area contributed by atoms with Crippen LogP contribution in [0.25, 0.3) is 0 Å². The van der Waals surface area contributed by atoms with E-state index in [0.717, 1.165) is 25.7 Å². The third-order valence-electron chi connectivity index (χ3n) is 6.44. The molecule has 0 amide bonds. The number of nitrogens with two attached hydrogens (primary N) is 1. The van der Waals surface area contributed by atoms with E-state index in [2.05, 4.69) is 86.8 Å². The van der Waals surface area contributed by atoms with Crippen LogP contribution in [0.3, 0.4) is 0 Å². The Labute approximate surface area is 158 Å². The van der Waals surface area contributed by atoms with Crippen molar-refractivity contribution >= 4 is 0 Å². The first-order valence-electron chi connectivity index (χ1n) is 10.3. The first kappa shape index (κ1) is 19.1. The van der Waals surface area contributed by atoms with Crippen LogP contribution >= 0.6 is 0 Å². The molecule has 1 aliphatic heterocycles. The van der Waals surface area contributed by atoms with Gasteiger partial charge in [-0.2, -0.15) is 0 Å². The van der Waals surface area contributed by atoms with Crippen molar-refractivity contribution in [2.75, 3.05) is 0 Å². The molecule has 0 aliphatic carbocycles. The summed E-state index contributed by atoms with van der Waals surface area (Å²) in [6.45, 7) is 6.69. The molecule has 1 saturated heterocycles.